The number of ether oxygens (including phenoxy) is 1. The molecule has 0 saturated carbocycles. The molecule has 2 aromatic carbocycles. The van der Waals surface area contributed by atoms with Crippen LogP contribution >= 0.6 is 24.4 Å². The molecular weight excluding hydrogens is 390 g/mol. The van der Waals surface area contributed by atoms with Crippen molar-refractivity contribution in [2.75, 3.05) is 12.9 Å². The third kappa shape index (κ3) is 3.47. The summed E-state index contributed by atoms with van der Waals surface area (Å²) in [4.78, 5) is 18.9. The molecule has 4 rings (SSSR count). The third-order valence-corrected chi connectivity index (χ3v) is 5.67. The summed E-state index contributed by atoms with van der Waals surface area (Å²) in [6, 6.07) is 17.5. The maximum Gasteiger partial charge on any atom is 0.276 e. The molecule has 1 aromatic heterocycles. The van der Waals surface area contributed by atoms with Crippen LogP contribution in [-0.4, -0.2) is 22.4 Å². The van der Waals surface area contributed by atoms with E-state index in [1.807, 2.05) is 60.9 Å². The summed E-state index contributed by atoms with van der Waals surface area (Å²) in [7, 11) is 0. The average molecular weight is 408 g/mol. The molecule has 140 valence electrons. The van der Waals surface area contributed by atoms with Gasteiger partial charge in [-0.25, -0.2) is 4.98 Å². The Labute approximate surface area is 172 Å². The van der Waals surface area contributed by atoms with Crippen molar-refractivity contribution in [1.82, 2.24) is 9.55 Å². The number of hydrogen-bond acceptors (Lipinski definition) is 6. The smallest absolute Gasteiger partial charge is 0.276 e. The molecule has 5 nitrogen and oxygen atoms in total. The summed E-state index contributed by atoms with van der Waals surface area (Å²) in [5.41, 5.74) is 2.56. The first-order valence-corrected chi connectivity index (χ1v) is 10.5. The highest BCUT2D eigenvalue weighted by Crippen LogP contribution is 2.30. The number of nitriles is 1. The predicted molar refractivity (Wildman–Crippen MR) is 113 cm³/mol. The second-order valence-electron chi connectivity index (χ2n) is 6.31. The highest BCUT2D eigenvalue weighted by atomic mass is 32.2. The standard InChI is InChI=1S/C21H17N3O2S2/c1-28-16-8-4-14(5-9-16)20-23-18(12-27)17(10-22)21(25)24(20)15-6-2-13(3-7-15)19-11-26-19/h2-9,19,27H,11-12H2,1H3. The van der Waals surface area contributed by atoms with Gasteiger partial charge in [0.05, 0.1) is 18.0 Å². The van der Waals surface area contributed by atoms with E-state index < -0.39 is 0 Å². The Kier molecular flexibility index (Phi) is 5.27. The Morgan fingerprint density at radius 2 is 1.93 bits per heavy atom. The normalized spacial score (nSPS) is 15.2. The lowest BCUT2D eigenvalue weighted by Gasteiger charge is -2.15. The van der Waals surface area contributed by atoms with E-state index in [0.29, 0.717) is 17.2 Å². The summed E-state index contributed by atoms with van der Waals surface area (Å²) in [5.74, 6) is 0.712. The van der Waals surface area contributed by atoms with Crippen LogP contribution in [0.25, 0.3) is 17.1 Å². The molecule has 1 aliphatic heterocycles. The van der Waals surface area contributed by atoms with Crippen LogP contribution in [-0.2, 0) is 10.5 Å². The third-order valence-electron chi connectivity index (χ3n) is 4.62. The minimum absolute atomic E-state index is 0.0223. The van der Waals surface area contributed by atoms with Gasteiger partial charge in [-0.05, 0) is 36.1 Å². The summed E-state index contributed by atoms with van der Waals surface area (Å²) in [5, 5.41) is 9.50. The lowest BCUT2D eigenvalue weighted by molar-refractivity contribution is 0.415. The summed E-state index contributed by atoms with van der Waals surface area (Å²) < 4.78 is 6.81. The monoisotopic (exact) mass is 407 g/mol. The molecule has 2 heterocycles. The van der Waals surface area contributed by atoms with E-state index in [9.17, 15) is 10.1 Å². The fourth-order valence-electron chi connectivity index (χ4n) is 3.04. The van der Waals surface area contributed by atoms with E-state index in [2.05, 4.69) is 17.6 Å². The van der Waals surface area contributed by atoms with E-state index in [1.54, 1.807) is 11.8 Å². The van der Waals surface area contributed by atoms with Gasteiger partial charge in [0, 0.05) is 16.2 Å². The molecule has 0 aliphatic carbocycles. The lowest BCUT2D eigenvalue weighted by Crippen LogP contribution is -2.26. The molecule has 0 spiro atoms. The molecule has 0 bridgehead atoms. The van der Waals surface area contributed by atoms with Crippen LogP contribution in [0.2, 0.25) is 0 Å². The first-order chi connectivity index (χ1) is 13.7. The Hall–Kier alpha value is -2.53. The quantitative estimate of drug-likeness (QED) is 0.393. The van der Waals surface area contributed by atoms with Gasteiger partial charge in [0.2, 0.25) is 0 Å². The van der Waals surface area contributed by atoms with Gasteiger partial charge in [-0.2, -0.15) is 17.9 Å². The average Bonchev–Trinajstić information content (AvgIpc) is 3.58. The molecule has 0 amide bonds. The Bertz CT molecular complexity index is 1110. The van der Waals surface area contributed by atoms with Gasteiger partial charge in [-0.1, -0.05) is 24.3 Å². The van der Waals surface area contributed by atoms with Crippen LogP contribution in [0, 0.1) is 11.3 Å². The molecule has 1 unspecified atom stereocenters. The summed E-state index contributed by atoms with van der Waals surface area (Å²) in [6.45, 7) is 0.725. The van der Waals surface area contributed by atoms with E-state index >= 15 is 0 Å². The number of thiol groups is 1. The number of aromatic nitrogens is 2. The maximum absolute atomic E-state index is 13.2. The first kappa shape index (κ1) is 18.8. The minimum Gasteiger partial charge on any atom is -0.368 e. The topological polar surface area (TPSA) is 71.2 Å². The van der Waals surface area contributed by atoms with Gasteiger partial charge >= 0.3 is 0 Å². The zero-order valence-corrected chi connectivity index (χ0v) is 16.8. The molecule has 1 atom stereocenters. The molecule has 7 heteroatoms. The molecule has 1 aliphatic rings. The van der Waals surface area contributed by atoms with Gasteiger partial charge in [0.25, 0.3) is 5.56 Å². The van der Waals surface area contributed by atoms with Gasteiger partial charge in [0.1, 0.15) is 23.6 Å². The molecule has 3 aromatic rings. The van der Waals surface area contributed by atoms with Crippen LogP contribution in [0.15, 0.2) is 58.2 Å². The van der Waals surface area contributed by atoms with Crippen LogP contribution < -0.4 is 5.56 Å². The lowest BCUT2D eigenvalue weighted by atomic mass is 10.1. The number of epoxide rings is 1. The van der Waals surface area contributed by atoms with E-state index in [0.717, 1.165) is 22.6 Å². The Morgan fingerprint density at radius 3 is 2.46 bits per heavy atom. The number of thioether (sulfide) groups is 1. The number of hydrogen-bond donors (Lipinski definition) is 1. The SMILES string of the molecule is CSc1ccc(-c2nc(CS)c(C#N)c(=O)n2-c2ccc(C3CO3)cc2)cc1. The molecule has 28 heavy (non-hydrogen) atoms. The van der Waals surface area contributed by atoms with Crippen molar-refractivity contribution in [3.05, 3.63) is 75.7 Å². The zero-order valence-electron chi connectivity index (χ0n) is 15.1. The molecule has 1 saturated heterocycles. The molecule has 0 N–H and O–H groups in total. The predicted octanol–water partition coefficient (Wildman–Crippen LogP) is 3.99. The van der Waals surface area contributed by atoms with Gasteiger partial charge in [-0.15, -0.1) is 11.8 Å². The van der Waals surface area contributed by atoms with Crippen molar-refractivity contribution in [3.8, 4) is 23.1 Å². The molecule has 1 fully saturated rings. The van der Waals surface area contributed by atoms with Crippen molar-refractivity contribution < 1.29 is 4.74 Å². The van der Waals surface area contributed by atoms with Gasteiger partial charge < -0.3 is 4.74 Å². The summed E-state index contributed by atoms with van der Waals surface area (Å²) in [6.07, 6.45) is 2.15. The first-order valence-electron chi connectivity index (χ1n) is 8.69. The Balaban J connectivity index is 1.93. The zero-order chi connectivity index (χ0) is 19.7. The fourth-order valence-corrected chi connectivity index (χ4v) is 3.68. The van der Waals surface area contributed by atoms with E-state index in [1.165, 1.54) is 4.57 Å². The van der Waals surface area contributed by atoms with E-state index in [-0.39, 0.29) is 23.0 Å². The highest BCUT2D eigenvalue weighted by Gasteiger charge is 2.25. The maximum atomic E-state index is 13.2. The van der Waals surface area contributed by atoms with Crippen LogP contribution in [0.3, 0.4) is 0 Å². The van der Waals surface area contributed by atoms with Gasteiger partial charge in [0.15, 0.2) is 0 Å². The van der Waals surface area contributed by atoms with E-state index in [4.69, 9.17) is 4.74 Å². The van der Waals surface area contributed by atoms with Crippen LogP contribution in [0.5, 0.6) is 0 Å². The number of rotatable bonds is 5. The van der Waals surface area contributed by atoms with Crippen molar-refractivity contribution in [1.29, 1.82) is 5.26 Å². The second-order valence-corrected chi connectivity index (χ2v) is 7.51. The Morgan fingerprint density at radius 1 is 1.25 bits per heavy atom. The second kappa shape index (κ2) is 7.84. The van der Waals surface area contributed by atoms with Crippen molar-refractivity contribution in [2.45, 2.75) is 16.8 Å². The largest absolute Gasteiger partial charge is 0.368 e. The number of benzene rings is 2. The van der Waals surface area contributed by atoms with Crippen molar-refractivity contribution in [3.63, 3.8) is 0 Å². The molecular formula is C21H17N3O2S2. The fraction of sp³-hybridized carbons (Fsp3) is 0.190. The van der Waals surface area contributed by atoms with Gasteiger partial charge in [-0.3, -0.25) is 9.36 Å². The highest BCUT2D eigenvalue weighted by molar-refractivity contribution is 7.98. The minimum atomic E-state index is -0.388. The molecule has 0 radical (unpaired) electrons. The van der Waals surface area contributed by atoms with Crippen LogP contribution in [0.4, 0.5) is 0 Å². The van der Waals surface area contributed by atoms with Crippen LogP contribution in [0.1, 0.15) is 22.9 Å². The van der Waals surface area contributed by atoms with Crippen molar-refractivity contribution in [2.24, 2.45) is 0 Å². The summed E-state index contributed by atoms with van der Waals surface area (Å²) >= 11 is 5.90. The number of nitrogens with zero attached hydrogens (tertiary/aromatic N) is 3. The van der Waals surface area contributed by atoms with Crippen molar-refractivity contribution >= 4 is 24.4 Å².